The van der Waals surface area contributed by atoms with E-state index in [0.717, 1.165) is 175 Å². The van der Waals surface area contributed by atoms with Crippen molar-refractivity contribution in [3.05, 3.63) is 216 Å². The van der Waals surface area contributed by atoms with E-state index in [4.69, 9.17) is 21.9 Å². The summed E-state index contributed by atoms with van der Waals surface area (Å²) in [6.45, 7) is 28.0. The minimum atomic E-state index is -1.44. The van der Waals surface area contributed by atoms with Crippen molar-refractivity contribution in [2.24, 2.45) is 59.3 Å². The predicted octanol–water partition coefficient (Wildman–Crippen LogP) is 7.24. The smallest absolute Gasteiger partial charge is 0 e. The van der Waals surface area contributed by atoms with Gasteiger partial charge in [0.05, 0.1) is 66.9 Å². The third kappa shape index (κ3) is 24.1. The first-order chi connectivity index (χ1) is 52.0. The van der Waals surface area contributed by atoms with Gasteiger partial charge in [-0.05, 0) is 182 Å². The van der Waals surface area contributed by atoms with Gasteiger partial charge in [0.2, 0.25) is 0 Å². The van der Waals surface area contributed by atoms with Gasteiger partial charge >= 0.3 is 22.5 Å². The molecular weight excluding hydrogens is 1660 g/mol. The summed E-state index contributed by atoms with van der Waals surface area (Å²) >= 11 is -1.44. The quantitative estimate of drug-likeness (QED) is 0.106. The Kier molecular flexibility index (Phi) is 37.9. The first-order valence-corrected chi connectivity index (χ1v) is 38.0. The Bertz CT molecular complexity index is 4760. The zero-order chi connectivity index (χ0) is 77.3. The Morgan fingerprint density at radius 3 is 1.35 bits per heavy atom. The molecular formula is C81H116MnN21O8Pd2-. The molecule has 113 heavy (non-hydrogen) atoms. The van der Waals surface area contributed by atoms with E-state index in [1.807, 2.05) is 150 Å². The van der Waals surface area contributed by atoms with Crippen molar-refractivity contribution in [2.75, 3.05) is 67.1 Å². The van der Waals surface area contributed by atoms with Gasteiger partial charge in [-0.15, -0.1) is 0 Å². The SMILES string of the molecule is COc1ccc(CN2CCc3c(C)nn(C)c3C2)cc1.COc1ccc(CN2CCc3c(nn(C)c3C)C2)cc1.COc1ccc(CN2CCc3c(nn(C)c3C)C2=O)cc1.Cc1c2c(nn1C)C=NCC2.Cc1c2c(nn1C)CNCC2.Cc1nn(C)c2c1CCN=C2.Cc1nn(C)c2c1CCNC2.O.O.[CH3-].[O]=[Mn]=[O].[Pd].[Pd]. The fraction of sp³-hybridized carbons (Fsp3) is 0.469. The standard InChI is InChI=1S/C16H19N3O2.2C16H21N3O.C8H13N3.C8H11N3.C8H13N3.C8H11N3.CH3.Mn.2H2O.2O.2Pd/c1-11-14-8-9-19(16(20)15(14)17-18(11)2)10-12-4-6-13(21-3)7-5-12;1-12-15-8-9-19(11-16(15)17-18(12)2)10-13-4-6-14(20-3)7-5-13;1-12-15-8-9-19(11-16(15)18(2)17-12)10-13-4-6-14(20-3)7-5-13;2*1-6-7-3-4-9-5-8(7)10-11(6)2;2*1-6-7-3-4-9-5-8(7)11(2)10-6;;;;;;;;/h4-7H,8-10H2,1-3H3;2*4-7H,8-11H2,1-3H3;9H,3-5H2,1-2H3;5H,3-4H2,1-2H3;9H,3-5H2,1-2H3;5H,3-4H2,1-2H3;1H3;;2*1H2;;;;/q;;;;;;;-1;;;;;;;. The molecule has 0 radical (unpaired) electrons. The summed E-state index contributed by atoms with van der Waals surface area (Å²) in [6.07, 6.45) is 11.2. The van der Waals surface area contributed by atoms with Crippen molar-refractivity contribution in [2.45, 2.75) is 139 Å². The van der Waals surface area contributed by atoms with Crippen molar-refractivity contribution in [3.63, 3.8) is 0 Å². The number of carbonyl (C=O) groups is 1. The van der Waals surface area contributed by atoms with Gasteiger partial charge in [-0.1, -0.05) is 36.4 Å². The number of aromatic nitrogens is 14. The molecule has 7 aliphatic rings. The number of hydrogen-bond acceptors (Lipinski definition) is 19. The molecule has 0 fully saturated rings. The average Bonchev–Trinajstić information content (AvgIpc) is 1.62. The number of methoxy groups -OCH3 is 3. The molecule has 17 rings (SSSR count). The molecule has 0 saturated carbocycles. The van der Waals surface area contributed by atoms with Gasteiger partial charge in [-0.3, -0.25) is 57.4 Å². The zero-order valence-electron chi connectivity index (χ0n) is 68.9. The topological polar surface area (TPSA) is 325 Å². The molecule has 29 nitrogen and oxygen atoms in total. The van der Waals surface area contributed by atoms with E-state index in [2.05, 4.69) is 132 Å². The van der Waals surface area contributed by atoms with Crippen LogP contribution in [0, 0.1) is 55.9 Å². The monoisotopic (exact) mass is 1780 g/mol. The minimum absolute atomic E-state index is 0. The van der Waals surface area contributed by atoms with Crippen LogP contribution in [0.3, 0.4) is 0 Å². The van der Waals surface area contributed by atoms with Crippen molar-refractivity contribution < 1.29 is 93.3 Å². The molecule has 10 aromatic rings. The molecule has 1 amide bonds. The van der Waals surface area contributed by atoms with E-state index >= 15 is 0 Å². The molecule has 7 aliphatic heterocycles. The maximum Gasteiger partial charge on any atom is 0 e. The fourth-order valence-corrected chi connectivity index (χ4v) is 14.8. The normalized spacial score (nSPS) is 14.3. The van der Waals surface area contributed by atoms with Crippen molar-refractivity contribution in [1.29, 1.82) is 0 Å². The first-order valence-electron chi connectivity index (χ1n) is 37.1. The molecule has 3 aromatic carbocycles. The fourth-order valence-electron chi connectivity index (χ4n) is 14.8. The van der Waals surface area contributed by atoms with E-state index in [0.29, 0.717) is 12.2 Å². The number of hydrogen-bond donors (Lipinski definition) is 2. The number of aliphatic imine (C=N–C) groups is 2. The van der Waals surface area contributed by atoms with Gasteiger partial charge in [-0.25, -0.2) is 0 Å². The van der Waals surface area contributed by atoms with Crippen LogP contribution in [0.5, 0.6) is 17.2 Å². The van der Waals surface area contributed by atoms with Crippen molar-refractivity contribution in [3.8, 4) is 17.2 Å². The third-order valence-corrected chi connectivity index (χ3v) is 21.4. The molecule has 7 aromatic heterocycles. The summed E-state index contributed by atoms with van der Waals surface area (Å²) in [6, 6.07) is 24.5. The summed E-state index contributed by atoms with van der Waals surface area (Å²) in [5.74, 6) is 2.68. The molecule has 32 heteroatoms. The van der Waals surface area contributed by atoms with Gasteiger partial charge in [0, 0.05) is 221 Å². The number of ether oxygens (including phenoxy) is 3. The maximum absolute atomic E-state index is 12.5. The van der Waals surface area contributed by atoms with E-state index in [-0.39, 0.29) is 65.1 Å². The average molecular weight is 1780 g/mol. The van der Waals surface area contributed by atoms with Crippen molar-refractivity contribution >= 4 is 18.3 Å². The van der Waals surface area contributed by atoms with Gasteiger partial charge in [0.25, 0.3) is 5.91 Å². The molecule has 0 atom stereocenters. The van der Waals surface area contributed by atoms with Crippen LogP contribution in [0.1, 0.15) is 140 Å². The number of benzene rings is 3. The summed E-state index contributed by atoms with van der Waals surface area (Å²) < 4.78 is 45.9. The van der Waals surface area contributed by atoms with E-state index in [9.17, 15) is 4.79 Å². The Hall–Kier alpha value is -8.46. The Morgan fingerprint density at radius 1 is 0.416 bits per heavy atom. The molecule has 621 valence electrons. The summed E-state index contributed by atoms with van der Waals surface area (Å²) in [4.78, 5) is 27.7. The molecule has 6 N–H and O–H groups in total. The minimum Gasteiger partial charge on any atom is 0 e. The van der Waals surface area contributed by atoms with Crippen LogP contribution in [0.15, 0.2) is 82.8 Å². The number of amides is 1. The van der Waals surface area contributed by atoms with Gasteiger partial charge in [0.15, 0.2) is 5.69 Å². The predicted molar refractivity (Wildman–Crippen MR) is 427 cm³/mol. The van der Waals surface area contributed by atoms with E-state index in [1.54, 1.807) is 26.0 Å². The molecule has 0 bridgehead atoms. The second-order valence-corrected chi connectivity index (χ2v) is 28.3. The van der Waals surface area contributed by atoms with Crippen LogP contribution in [-0.4, -0.2) is 180 Å². The summed E-state index contributed by atoms with van der Waals surface area (Å²) in [5, 5.41) is 37.6. The maximum atomic E-state index is 12.5. The van der Waals surface area contributed by atoms with Crippen LogP contribution < -0.4 is 24.8 Å². The number of aryl methyl sites for hydroxylation is 10. The number of carbonyl (C=O) groups excluding carboxylic acids is 1. The number of fused-ring (bicyclic) bond motifs is 7. The van der Waals surface area contributed by atoms with Gasteiger partial charge in [0.1, 0.15) is 22.9 Å². The van der Waals surface area contributed by atoms with Crippen LogP contribution >= 0.6 is 0 Å². The zero-order valence-corrected chi connectivity index (χ0v) is 73.2. The number of nitrogens with one attached hydrogen (secondary N) is 2. The van der Waals surface area contributed by atoms with E-state index < -0.39 is 14.8 Å². The first kappa shape index (κ1) is 95.1. The summed E-state index contributed by atoms with van der Waals surface area (Å²) in [7, 11) is 19.0. The number of rotatable bonds is 9. The molecule has 0 saturated heterocycles. The largest absolute Gasteiger partial charge is 0 e. The molecule has 14 heterocycles. The summed E-state index contributed by atoms with van der Waals surface area (Å²) in [5.41, 5.74) is 29.9. The second kappa shape index (κ2) is 45.0. The van der Waals surface area contributed by atoms with Gasteiger partial charge < -0.3 is 48.1 Å². The molecule has 0 unspecified atom stereocenters. The third-order valence-electron chi connectivity index (χ3n) is 21.4. The van der Waals surface area contributed by atoms with Crippen LogP contribution in [0.2, 0.25) is 0 Å². The Balaban J connectivity index is 0.000000236. The van der Waals surface area contributed by atoms with Crippen molar-refractivity contribution in [1.82, 2.24) is 93.8 Å². The van der Waals surface area contributed by atoms with Crippen LogP contribution in [-0.2, 0) is 203 Å². The molecule has 0 aliphatic carbocycles. The Morgan fingerprint density at radius 2 is 0.823 bits per heavy atom. The Labute approximate surface area is 699 Å². The molecule has 0 spiro atoms. The van der Waals surface area contributed by atoms with Crippen LogP contribution in [0.25, 0.3) is 0 Å². The second-order valence-electron chi connectivity index (χ2n) is 28.1. The van der Waals surface area contributed by atoms with Gasteiger partial charge in [-0.2, -0.15) is 35.7 Å². The van der Waals surface area contributed by atoms with Crippen LogP contribution in [0.4, 0.5) is 0 Å². The van der Waals surface area contributed by atoms with E-state index in [1.165, 1.54) is 101 Å². The number of nitrogens with zero attached hydrogens (tertiary/aromatic N) is 19.